The third-order valence-corrected chi connectivity index (χ3v) is 1.54. The lowest BCUT2D eigenvalue weighted by Gasteiger charge is -2.19. The van der Waals surface area contributed by atoms with Gasteiger partial charge in [0.2, 0.25) is 5.44 Å². The van der Waals surface area contributed by atoms with Crippen molar-refractivity contribution >= 4 is 10.5 Å². The maximum Gasteiger partial charge on any atom is 0.428 e. The van der Waals surface area contributed by atoms with Crippen LogP contribution < -0.4 is 0 Å². The van der Waals surface area contributed by atoms with Gasteiger partial charge < -0.3 is 14.2 Å². The molecule has 0 rings (SSSR count). The van der Waals surface area contributed by atoms with Crippen LogP contribution in [0.25, 0.3) is 0 Å². The van der Waals surface area contributed by atoms with Crippen LogP contribution in [-0.2, 0) is 10.5 Å². The molecule has 0 saturated heterocycles. The van der Waals surface area contributed by atoms with Gasteiger partial charge in [0.05, 0.1) is 0 Å². The topological polar surface area (TPSA) is 77.8 Å². The molecule has 0 aliphatic carbocycles. The van der Waals surface area contributed by atoms with Gasteiger partial charge in [-0.1, -0.05) is 0 Å². The standard InChI is InChI=1S/C2H5F3O4S/c3-2(4,5)1(6)10(7,8)9/h1,6,10H,(H2,7,8,9). The minimum Gasteiger partial charge on any atom is -0.370 e. The van der Waals surface area contributed by atoms with E-state index in [1.807, 2.05) is 0 Å². The van der Waals surface area contributed by atoms with Crippen molar-refractivity contribution in [1.82, 2.24) is 0 Å². The van der Waals surface area contributed by atoms with Crippen LogP contribution in [0.3, 0.4) is 0 Å². The Morgan fingerprint density at radius 1 is 1.30 bits per heavy atom. The van der Waals surface area contributed by atoms with Crippen LogP contribution in [0.15, 0.2) is 0 Å². The summed E-state index contributed by atoms with van der Waals surface area (Å²) in [6, 6.07) is 0. The third-order valence-electron chi connectivity index (χ3n) is 0.611. The minimum absolute atomic E-state index is 3.57. The number of rotatable bonds is 1. The molecular formula is C2H5F3O4S. The Hall–Kier alpha value is -0.180. The lowest BCUT2D eigenvalue weighted by Crippen LogP contribution is -2.40. The van der Waals surface area contributed by atoms with E-state index in [-0.39, 0.29) is 0 Å². The van der Waals surface area contributed by atoms with Gasteiger partial charge in [0.1, 0.15) is 10.5 Å². The molecule has 0 aliphatic rings. The number of thiol groups is 1. The second-order valence-corrected chi connectivity index (χ2v) is 3.17. The molecule has 0 aromatic carbocycles. The van der Waals surface area contributed by atoms with Crippen LogP contribution in [0.4, 0.5) is 13.2 Å². The molecule has 8 heteroatoms. The number of aliphatic hydroxyl groups is 1. The zero-order chi connectivity index (χ0) is 8.58. The van der Waals surface area contributed by atoms with Crippen molar-refractivity contribution in [3.63, 3.8) is 0 Å². The van der Waals surface area contributed by atoms with Gasteiger partial charge >= 0.3 is 6.18 Å². The van der Waals surface area contributed by atoms with Gasteiger partial charge in [-0.3, -0.25) is 0 Å². The molecule has 1 atom stereocenters. The fourth-order valence-electron chi connectivity index (χ4n) is 0.191. The average Bonchev–Trinajstić information content (AvgIpc) is 1.59. The molecule has 4 nitrogen and oxygen atoms in total. The van der Waals surface area contributed by atoms with E-state index in [1.54, 1.807) is 0 Å². The summed E-state index contributed by atoms with van der Waals surface area (Å²) in [6.07, 6.45) is -5.26. The Bertz CT molecular complexity index is 158. The molecule has 0 saturated carbocycles. The summed E-state index contributed by atoms with van der Waals surface area (Å²) in [6.45, 7) is 0. The molecule has 1 unspecified atom stereocenters. The summed E-state index contributed by atoms with van der Waals surface area (Å²) in [7, 11) is -5.45. The summed E-state index contributed by atoms with van der Waals surface area (Å²) < 4.78 is 58.8. The van der Waals surface area contributed by atoms with E-state index in [4.69, 9.17) is 14.2 Å². The molecule has 0 aliphatic heterocycles. The molecule has 0 heterocycles. The van der Waals surface area contributed by atoms with Gasteiger partial charge in [-0.15, -0.1) is 0 Å². The zero-order valence-corrected chi connectivity index (χ0v) is 5.30. The van der Waals surface area contributed by atoms with E-state index < -0.39 is 22.1 Å². The Balaban J connectivity index is 4.39. The second-order valence-electron chi connectivity index (χ2n) is 1.50. The van der Waals surface area contributed by atoms with Crippen LogP contribution in [0.5, 0.6) is 0 Å². The largest absolute Gasteiger partial charge is 0.428 e. The monoisotopic (exact) mass is 182 g/mol. The van der Waals surface area contributed by atoms with Gasteiger partial charge in [0.25, 0.3) is 0 Å². The average molecular weight is 182 g/mol. The Kier molecular flexibility index (Phi) is 2.41. The lowest BCUT2D eigenvalue weighted by molar-refractivity contribution is -0.179. The smallest absolute Gasteiger partial charge is 0.370 e. The summed E-state index contributed by atoms with van der Waals surface area (Å²) in [5, 5.41) is 7.83. The highest BCUT2D eigenvalue weighted by Crippen LogP contribution is 2.24. The minimum atomic E-state index is -5.45. The summed E-state index contributed by atoms with van der Waals surface area (Å²) >= 11 is 0. The number of aliphatic hydroxyl groups excluding tert-OH is 1. The van der Waals surface area contributed by atoms with Crippen molar-refractivity contribution in [1.29, 1.82) is 0 Å². The Morgan fingerprint density at radius 3 is 1.60 bits per heavy atom. The lowest BCUT2D eigenvalue weighted by atomic mass is 10.7. The van der Waals surface area contributed by atoms with Gasteiger partial charge in [0.15, 0.2) is 0 Å². The third kappa shape index (κ3) is 2.60. The van der Waals surface area contributed by atoms with Gasteiger partial charge in [-0.25, -0.2) is 4.21 Å². The first-order valence-electron chi connectivity index (χ1n) is 1.95. The van der Waals surface area contributed by atoms with Crippen LogP contribution in [0.2, 0.25) is 0 Å². The first kappa shape index (κ1) is 9.82. The van der Waals surface area contributed by atoms with E-state index in [1.165, 1.54) is 0 Å². The molecular weight excluding hydrogens is 177 g/mol. The van der Waals surface area contributed by atoms with Crippen LogP contribution in [0, 0.1) is 0 Å². The number of hydrogen-bond acceptors (Lipinski definition) is 2. The number of halogens is 3. The molecule has 0 amide bonds. The zero-order valence-electron chi connectivity index (χ0n) is 4.41. The highest BCUT2D eigenvalue weighted by Gasteiger charge is 2.45. The number of hydrogen-bond donors (Lipinski definition) is 4. The molecule has 0 fully saturated rings. The predicted molar refractivity (Wildman–Crippen MR) is 26.9 cm³/mol. The molecule has 3 N–H and O–H groups in total. The molecule has 0 radical (unpaired) electrons. The van der Waals surface area contributed by atoms with E-state index in [0.717, 1.165) is 0 Å². The van der Waals surface area contributed by atoms with Gasteiger partial charge in [0, 0.05) is 0 Å². The molecule has 10 heavy (non-hydrogen) atoms. The van der Waals surface area contributed by atoms with Crippen LogP contribution in [0.1, 0.15) is 0 Å². The highest BCUT2D eigenvalue weighted by molar-refractivity contribution is 7.92. The maximum atomic E-state index is 11.2. The van der Waals surface area contributed by atoms with Crippen molar-refractivity contribution in [3.05, 3.63) is 0 Å². The SMILES string of the molecule is O=[SH](O)(O)C(O)C(F)(F)F. The molecule has 0 aromatic rings. The molecule has 0 bridgehead atoms. The first-order chi connectivity index (χ1) is 4.15. The highest BCUT2D eigenvalue weighted by atomic mass is 32.3. The Morgan fingerprint density at radius 2 is 1.60 bits per heavy atom. The summed E-state index contributed by atoms with van der Waals surface area (Å²) in [4.78, 5) is 0. The number of alkyl halides is 3. The van der Waals surface area contributed by atoms with Crippen molar-refractivity contribution in [3.8, 4) is 0 Å². The second kappa shape index (κ2) is 2.46. The summed E-state index contributed by atoms with van der Waals surface area (Å²) in [5.74, 6) is 0. The van der Waals surface area contributed by atoms with E-state index >= 15 is 0 Å². The van der Waals surface area contributed by atoms with Crippen LogP contribution >= 0.6 is 0 Å². The van der Waals surface area contributed by atoms with Crippen molar-refractivity contribution in [2.24, 2.45) is 0 Å². The fourth-order valence-corrected chi connectivity index (χ4v) is 0.572. The molecule has 0 aromatic heterocycles. The van der Waals surface area contributed by atoms with Crippen molar-refractivity contribution < 1.29 is 31.6 Å². The Labute approximate surface area is 54.7 Å². The fraction of sp³-hybridized carbons (Fsp3) is 1.00. The first-order valence-corrected chi connectivity index (χ1v) is 3.64. The predicted octanol–water partition coefficient (Wildman–Crippen LogP) is -0.170. The van der Waals surface area contributed by atoms with E-state index in [0.29, 0.717) is 0 Å². The van der Waals surface area contributed by atoms with Crippen LogP contribution in [-0.4, -0.2) is 30.0 Å². The van der Waals surface area contributed by atoms with E-state index in [2.05, 4.69) is 0 Å². The maximum absolute atomic E-state index is 11.2. The van der Waals surface area contributed by atoms with E-state index in [9.17, 15) is 17.4 Å². The van der Waals surface area contributed by atoms with Gasteiger partial charge in [-0.05, 0) is 0 Å². The molecule has 0 spiro atoms. The molecule has 64 valence electrons. The van der Waals surface area contributed by atoms with Crippen molar-refractivity contribution in [2.45, 2.75) is 11.6 Å². The quantitative estimate of drug-likeness (QED) is 0.424. The summed E-state index contributed by atoms with van der Waals surface area (Å²) in [5.41, 5.74) is -3.57. The normalized spacial score (nSPS) is 18.6. The van der Waals surface area contributed by atoms with Crippen molar-refractivity contribution in [2.75, 3.05) is 0 Å². The van der Waals surface area contributed by atoms with Gasteiger partial charge in [-0.2, -0.15) is 13.2 Å².